The molecule has 2 aromatic rings. The maximum Gasteiger partial charge on any atom is 0.197 e. The lowest BCUT2D eigenvalue weighted by Gasteiger charge is -2.07. The van der Waals surface area contributed by atoms with Crippen LogP contribution in [0, 0.1) is 0 Å². The number of aromatic nitrogens is 1. The third kappa shape index (κ3) is 2.65. The van der Waals surface area contributed by atoms with E-state index in [0.29, 0.717) is 18.1 Å². The summed E-state index contributed by atoms with van der Waals surface area (Å²) in [5.41, 5.74) is 6.80. The largest absolute Gasteiger partial charge is 0.497 e. The summed E-state index contributed by atoms with van der Waals surface area (Å²) in [6.07, 6.45) is 0. The number of benzene rings is 1. The van der Waals surface area contributed by atoms with Gasteiger partial charge in [0, 0.05) is 6.54 Å². The monoisotopic (exact) mass is 265 g/mol. The number of anilines is 2. The summed E-state index contributed by atoms with van der Waals surface area (Å²) < 4.78 is 14.4. The van der Waals surface area contributed by atoms with Crippen LogP contribution in [0.1, 0.15) is 5.56 Å². The molecule has 0 amide bonds. The first-order chi connectivity index (χ1) is 8.74. The van der Waals surface area contributed by atoms with Crippen molar-refractivity contribution in [2.45, 2.75) is 6.54 Å². The van der Waals surface area contributed by atoms with Crippen LogP contribution in [-0.4, -0.2) is 18.6 Å². The Morgan fingerprint density at radius 3 is 2.89 bits per heavy atom. The molecule has 0 bridgehead atoms. The molecule has 1 aromatic heterocycles. The zero-order valence-electron chi connectivity index (χ0n) is 10.3. The Labute approximate surface area is 110 Å². The quantitative estimate of drug-likeness (QED) is 0.868. The van der Waals surface area contributed by atoms with Crippen LogP contribution in [0.2, 0.25) is 0 Å². The topological polar surface area (TPSA) is 69.4 Å². The molecule has 1 heterocycles. The van der Waals surface area contributed by atoms with E-state index in [0.717, 1.165) is 16.3 Å². The van der Waals surface area contributed by atoms with Gasteiger partial charge in [0.15, 0.2) is 16.6 Å². The highest BCUT2D eigenvalue weighted by atomic mass is 32.1. The predicted octanol–water partition coefficient (Wildman–Crippen LogP) is 2.35. The van der Waals surface area contributed by atoms with Crippen LogP contribution in [0.3, 0.4) is 0 Å². The maximum atomic E-state index is 5.68. The van der Waals surface area contributed by atoms with Crippen LogP contribution < -0.4 is 20.5 Å². The molecule has 0 fully saturated rings. The Balaban J connectivity index is 2.06. The molecule has 0 radical (unpaired) electrons. The lowest BCUT2D eigenvalue weighted by molar-refractivity contribution is 0.414. The third-order valence-electron chi connectivity index (χ3n) is 2.47. The fraction of sp³-hybridized carbons (Fsp3) is 0.250. The van der Waals surface area contributed by atoms with Gasteiger partial charge in [0.25, 0.3) is 0 Å². The summed E-state index contributed by atoms with van der Waals surface area (Å²) >= 11 is 1.29. The minimum Gasteiger partial charge on any atom is -0.497 e. The summed E-state index contributed by atoms with van der Waals surface area (Å²) in [6.45, 7) is 0.662. The smallest absolute Gasteiger partial charge is 0.197 e. The zero-order valence-corrected chi connectivity index (χ0v) is 11.1. The first-order valence-electron chi connectivity index (χ1n) is 5.40. The van der Waals surface area contributed by atoms with Crippen molar-refractivity contribution in [2.75, 3.05) is 25.3 Å². The number of nitrogens with one attached hydrogen (secondary N) is 1. The van der Waals surface area contributed by atoms with Crippen LogP contribution in [0.5, 0.6) is 11.5 Å². The molecule has 18 heavy (non-hydrogen) atoms. The minimum absolute atomic E-state index is 0.413. The fourth-order valence-corrected chi connectivity index (χ4v) is 2.25. The Bertz CT molecular complexity index is 528. The summed E-state index contributed by atoms with van der Waals surface area (Å²) in [6, 6.07) is 7.86. The number of hydrogen-bond acceptors (Lipinski definition) is 6. The molecule has 0 saturated carbocycles. The van der Waals surface area contributed by atoms with Gasteiger partial charge in [-0.25, -0.2) is 0 Å². The minimum atomic E-state index is 0.413. The normalized spacial score (nSPS) is 10.1. The number of nitrogens with two attached hydrogens (primary N) is 1. The highest BCUT2D eigenvalue weighted by Crippen LogP contribution is 2.34. The van der Waals surface area contributed by atoms with Crippen molar-refractivity contribution < 1.29 is 9.47 Å². The van der Waals surface area contributed by atoms with Gasteiger partial charge < -0.3 is 20.5 Å². The van der Waals surface area contributed by atoms with E-state index in [4.69, 9.17) is 15.2 Å². The maximum absolute atomic E-state index is 5.68. The summed E-state index contributed by atoms with van der Waals surface area (Å²) in [4.78, 5) is 0. The lowest BCUT2D eigenvalue weighted by atomic mass is 10.2. The van der Waals surface area contributed by atoms with Gasteiger partial charge in [0.1, 0.15) is 5.75 Å². The fourth-order valence-electron chi connectivity index (χ4n) is 1.57. The third-order valence-corrected chi connectivity index (χ3v) is 3.27. The molecule has 0 atom stereocenters. The first-order valence-corrected chi connectivity index (χ1v) is 6.18. The predicted molar refractivity (Wildman–Crippen MR) is 73.4 cm³/mol. The van der Waals surface area contributed by atoms with Crippen molar-refractivity contribution in [1.82, 2.24) is 4.37 Å². The molecule has 0 saturated heterocycles. The summed E-state index contributed by atoms with van der Waals surface area (Å²) in [7, 11) is 3.23. The molecule has 0 aliphatic carbocycles. The number of hydrogen-bond donors (Lipinski definition) is 2. The Morgan fingerprint density at radius 2 is 2.17 bits per heavy atom. The highest BCUT2D eigenvalue weighted by Gasteiger charge is 2.11. The first kappa shape index (κ1) is 12.5. The number of ether oxygens (including phenoxy) is 2. The summed E-state index contributed by atoms with van der Waals surface area (Å²) in [5, 5.41) is 4.08. The van der Waals surface area contributed by atoms with E-state index in [-0.39, 0.29) is 0 Å². The van der Waals surface area contributed by atoms with E-state index in [1.165, 1.54) is 11.5 Å². The van der Waals surface area contributed by atoms with Gasteiger partial charge in [0.05, 0.1) is 14.2 Å². The van der Waals surface area contributed by atoms with Crippen molar-refractivity contribution >= 4 is 22.4 Å². The second-order valence-electron chi connectivity index (χ2n) is 3.64. The van der Waals surface area contributed by atoms with E-state index < -0.39 is 0 Å². The molecular weight excluding hydrogens is 250 g/mol. The van der Waals surface area contributed by atoms with E-state index in [2.05, 4.69) is 9.69 Å². The molecule has 3 N–H and O–H groups in total. The van der Waals surface area contributed by atoms with E-state index in [9.17, 15) is 0 Å². The number of nitrogen functional groups attached to an aromatic ring is 1. The molecule has 0 aliphatic heterocycles. The number of nitrogens with zero attached hydrogens (tertiary/aromatic N) is 1. The van der Waals surface area contributed by atoms with Gasteiger partial charge in [-0.3, -0.25) is 0 Å². The molecule has 96 valence electrons. The van der Waals surface area contributed by atoms with Crippen LogP contribution in [0.25, 0.3) is 0 Å². The van der Waals surface area contributed by atoms with E-state index >= 15 is 0 Å². The van der Waals surface area contributed by atoms with Gasteiger partial charge in [0.2, 0.25) is 0 Å². The second-order valence-corrected chi connectivity index (χ2v) is 4.41. The van der Waals surface area contributed by atoms with Gasteiger partial charge in [-0.05, 0) is 29.2 Å². The Hall–Kier alpha value is -1.95. The van der Waals surface area contributed by atoms with Crippen LogP contribution in [-0.2, 0) is 6.54 Å². The summed E-state index contributed by atoms with van der Waals surface area (Å²) in [5.74, 6) is 1.85. The number of methoxy groups -OCH3 is 2. The Kier molecular flexibility index (Phi) is 3.88. The van der Waals surface area contributed by atoms with Gasteiger partial charge >= 0.3 is 0 Å². The van der Waals surface area contributed by atoms with Crippen molar-refractivity contribution in [3.63, 3.8) is 0 Å². The lowest BCUT2D eigenvalue weighted by Crippen LogP contribution is -2.00. The SMILES string of the molecule is COc1cccc(CNc2snc(N)c2OC)c1. The zero-order chi connectivity index (χ0) is 13.0. The van der Waals surface area contributed by atoms with Crippen molar-refractivity contribution in [2.24, 2.45) is 0 Å². The molecule has 0 unspecified atom stereocenters. The van der Waals surface area contributed by atoms with E-state index in [1.54, 1.807) is 14.2 Å². The highest BCUT2D eigenvalue weighted by molar-refractivity contribution is 7.11. The standard InChI is InChI=1S/C12H15N3O2S/c1-16-9-5-3-4-8(6-9)7-14-12-10(17-2)11(13)15-18-12/h3-6,14H,7H2,1-2H3,(H2,13,15). The second kappa shape index (κ2) is 5.59. The average molecular weight is 265 g/mol. The van der Waals surface area contributed by atoms with Crippen LogP contribution in [0.4, 0.5) is 10.8 Å². The van der Waals surface area contributed by atoms with Crippen LogP contribution >= 0.6 is 11.5 Å². The van der Waals surface area contributed by atoms with Gasteiger partial charge in [-0.1, -0.05) is 12.1 Å². The number of rotatable bonds is 5. The van der Waals surface area contributed by atoms with Gasteiger partial charge in [-0.2, -0.15) is 4.37 Å². The molecule has 6 heteroatoms. The molecular formula is C12H15N3O2S. The van der Waals surface area contributed by atoms with Crippen LogP contribution in [0.15, 0.2) is 24.3 Å². The molecule has 0 aliphatic rings. The van der Waals surface area contributed by atoms with Crippen molar-refractivity contribution in [3.05, 3.63) is 29.8 Å². The molecule has 5 nitrogen and oxygen atoms in total. The average Bonchev–Trinajstić information content (AvgIpc) is 2.77. The Morgan fingerprint density at radius 1 is 1.33 bits per heavy atom. The van der Waals surface area contributed by atoms with Gasteiger partial charge in [-0.15, -0.1) is 0 Å². The van der Waals surface area contributed by atoms with E-state index in [1.807, 2.05) is 24.3 Å². The molecule has 0 spiro atoms. The van der Waals surface area contributed by atoms with Crippen molar-refractivity contribution in [3.8, 4) is 11.5 Å². The van der Waals surface area contributed by atoms with Crippen molar-refractivity contribution in [1.29, 1.82) is 0 Å². The molecule has 2 rings (SSSR count). The molecule has 1 aromatic carbocycles.